The van der Waals surface area contributed by atoms with Crippen molar-refractivity contribution >= 4 is 45.3 Å². The van der Waals surface area contributed by atoms with Crippen molar-refractivity contribution in [2.45, 2.75) is 63.7 Å². The average Bonchev–Trinajstić information content (AvgIpc) is 4.11. The first-order valence-corrected chi connectivity index (χ1v) is 19.7. The number of fused-ring (bicyclic) bond motifs is 2. The number of methoxy groups -OCH3 is 2. The largest absolute Gasteiger partial charge is 0.468 e. The normalized spacial score (nSPS) is 22.1. The van der Waals surface area contributed by atoms with Crippen LogP contribution in [0.4, 0.5) is 37.7 Å². The number of imidazole rings is 2. The maximum atomic E-state index is 12.9. The summed E-state index contributed by atoms with van der Waals surface area (Å²) >= 11 is 0. The second-order valence-corrected chi connectivity index (χ2v) is 15.3. The molecule has 0 bridgehead atoms. The lowest BCUT2D eigenvalue weighted by Gasteiger charge is -2.28. The third kappa shape index (κ3) is 9.48. The summed E-state index contributed by atoms with van der Waals surface area (Å²) < 4.78 is 100. The number of morpholine rings is 2. The van der Waals surface area contributed by atoms with Gasteiger partial charge in [0, 0.05) is 50.4 Å². The molecule has 316 valence electrons. The Morgan fingerprint density at radius 1 is 0.655 bits per heavy atom. The molecule has 2 aromatic carbocycles. The maximum Gasteiger partial charge on any atom is 0.392 e. The number of anilines is 2. The zero-order valence-electron chi connectivity index (χ0n) is 32.5. The first-order valence-electron chi connectivity index (χ1n) is 19.7. The summed E-state index contributed by atoms with van der Waals surface area (Å²) in [4.78, 5) is 38.8. The van der Waals surface area contributed by atoms with Gasteiger partial charge < -0.3 is 28.7 Å². The van der Waals surface area contributed by atoms with Crippen molar-refractivity contribution in [1.82, 2.24) is 19.1 Å². The molecule has 2 aliphatic heterocycles. The Labute approximate surface area is 331 Å². The van der Waals surface area contributed by atoms with Crippen molar-refractivity contribution in [2.75, 3.05) is 76.6 Å². The Hall–Kier alpha value is -4.58. The van der Waals surface area contributed by atoms with E-state index in [0.717, 1.165) is 37.6 Å². The number of carbonyl (C=O) groups excluding carboxylic acids is 2. The van der Waals surface area contributed by atoms with E-state index >= 15 is 0 Å². The summed E-state index contributed by atoms with van der Waals surface area (Å²) in [5.74, 6) is -3.52. The van der Waals surface area contributed by atoms with Crippen LogP contribution in [0.25, 0.3) is 22.1 Å². The van der Waals surface area contributed by atoms with Gasteiger partial charge in [0.15, 0.2) is 0 Å². The van der Waals surface area contributed by atoms with Crippen LogP contribution in [0.1, 0.15) is 61.0 Å². The molecule has 4 atom stereocenters. The van der Waals surface area contributed by atoms with Crippen molar-refractivity contribution in [1.29, 1.82) is 0 Å². The molecule has 2 saturated heterocycles. The Morgan fingerprint density at radius 3 is 1.57 bits per heavy atom. The standard InChI is InChI=1S/2C20H24F3N3O3/c1-28-19-24-16-12-14(25-7-9-29-10-8-25)5-6-17(16)26(19)18(27)4-2-3-13-11-15(13)20(21,22)23;1-28-19-24-16-6-5-14(25-7-9-29-10-8-25)12-17(16)26(19)18(27)4-2-3-13-11-15(13)20(21,22)23/h2*5-6,12-13,15H,2-4,7-11H2,1H3. The lowest BCUT2D eigenvalue weighted by atomic mass is 10.1. The molecule has 18 heteroatoms. The molecule has 4 fully saturated rings. The third-order valence-electron chi connectivity index (χ3n) is 11.4. The van der Waals surface area contributed by atoms with Crippen LogP contribution in [0.15, 0.2) is 36.4 Å². The number of nitrogens with zero attached hydrogens (tertiary/aromatic N) is 6. The van der Waals surface area contributed by atoms with Crippen molar-refractivity contribution in [3.8, 4) is 12.0 Å². The molecule has 4 aromatic rings. The van der Waals surface area contributed by atoms with Crippen LogP contribution in [0, 0.1) is 23.7 Å². The minimum atomic E-state index is -4.12. The van der Waals surface area contributed by atoms with E-state index in [0.29, 0.717) is 74.2 Å². The minimum Gasteiger partial charge on any atom is -0.468 e. The van der Waals surface area contributed by atoms with Gasteiger partial charge in [-0.25, -0.2) is 9.13 Å². The van der Waals surface area contributed by atoms with Gasteiger partial charge in [0.25, 0.3) is 0 Å². The topological polar surface area (TPSA) is 113 Å². The van der Waals surface area contributed by atoms with Gasteiger partial charge in [-0.15, -0.1) is 0 Å². The minimum absolute atomic E-state index is 0.157. The van der Waals surface area contributed by atoms with E-state index in [2.05, 4.69) is 19.8 Å². The number of ether oxygens (including phenoxy) is 4. The molecule has 0 N–H and O–H groups in total. The van der Waals surface area contributed by atoms with E-state index in [1.807, 2.05) is 36.4 Å². The first-order chi connectivity index (χ1) is 27.8. The van der Waals surface area contributed by atoms with E-state index in [1.165, 1.54) is 23.4 Å². The van der Waals surface area contributed by atoms with Crippen molar-refractivity contribution in [2.24, 2.45) is 23.7 Å². The SMILES string of the molecule is COc1nc2cc(N3CCOCC3)ccc2n1C(=O)CCCC1CC1C(F)(F)F.COc1nc2ccc(N3CCOCC3)cc2n1C(=O)CCCC1CC1C(F)(F)F. The van der Waals surface area contributed by atoms with Crippen LogP contribution in [0.3, 0.4) is 0 Å². The number of alkyl halides is 6. The molecular weight excluding hydrogens is 774 g/mol. The van der Waals surface area contributed by atoms with E-state index in [4.69, 9.17) is 18.9 Å². The average molecular weight is 823 g/mol. The molecule has 0 radical (unpaired) electrons. The highest BCUT2D eigenvalue weighted by atomic mass is 19.4. The number of benzene rings is 2. The van der Waals surface area contributed by atoms with Gasteiger partial charge in [0.05, 0.1) is 74.5 Å². The molecule has 12 nitrogen and oxygen atoms in total. The van der Waals surface area contributed by atoms with Crippen LogP contribution in [0.5, 0.6) is 12.0 Å². The predicted molar refractivity (Wildman–Crippen MR) is 203 cm³/mol. The second-order valence-electron chi connectivity index (χ2n) is 15.3. The van der Waals surface area contributed by atoms with Crippen LogP contribution >= 0.6 is 0 Å². The Balaban J connectivity index is 0.000000177. The van der Waals surface area contributed by atoms with E-state index in [9.17, 15) is 35.9 Å². The summed E-state index contributed by atoms with van der Waals surface area (Å²) in [5.41, 5.74) is 4.57. The molecule has 0 amide bonds. The van der Waals surface area contributed by atoms with E-state index < -0.39 is 24.2 Å². The molecule has 8 rings (SSSR count). The summed E-state index contributed by atoms with van der Waals surface area (Å²) in [5, 5.41) is 0. The smallest absolute Gasteiger partial charge is 0.392 e. The summed E-state index contributed by atoms with van der Waals surface area (Å²) in [6.07, 6.45) is -5.90. The van der Waals surface area contributed by atoms with Crippen molar-refractivity contribution in [3.05, 3.63) is 36.4 Å². The van der Waals surface area contributed by atoms with Gasteiger partial charge >= 0.3 is 24.4 Å². The molecule has 4 aliphatic rings. The number of hydrogen-bond donors (Lipinski definition) is 0. The van der Waals surface area contributed by atoms with Crippen LogP contribution in [-0.2, 0) is 9.47 Å². The zero-order chi connectivity index (χ0) is 41.2. The fraction of sp³-hybridized carbons (Fsp3) is 0.600. The van der Waals surface area contributed by atoms with Crippen LogP contribution in [0.2, 0.25) is 0 Å². The Bertz CT molecular complexity index is 2070. The molecule has 2 aliphatic carbocycles. The Morgan fingerprint density at radius 2 is 1.10 bits per heavy atom. The molecule has 58 heavy (non-hydrogen) atoms. The van der Waals surface area contributed by atoms with Gasteiger partial charge in [-0.05, 0) is 86.8 Å². The van der Waals surface area contributed by atoms with Gasteiger partial charge in [-0.2, -0.15) is 36.3 Å². The molecule has 2 aromatic heterocycles. The molecule has 4 unspecified atom stereocenters. The highest BCUT2D eigenvalue weighted by molar-refractivity contribution is 5.94. The molecule has 0 spiro atoms. The summed E-state index contributed by atoms with van der Waals surface area (Å²) in [7, 11) is 2.90. The highest BCUT2D eigenvalue weighted by Crippen LogP contribution is 2.53. The lowest BCUT2D eigenvalue weighted by Crippen LogP contribution is -2.36. The number of halogens is 6. The molecule has 4 heterocycles. The monoisotopic (exact) mass is 822 g/mol. The van der Waals surface area contributed by atoms with Crippen LogP contribution < -0.4 is 19.3 Å². The number of rotatable bonds is 12. The predicted octanol–water partition coefficient (Wildman–Crippen LogP) is 7.78. The van der Waals surface area contributed by atoms with Crippen LogP contribution in [-0.4, -0.2) is 110 Å². The number of hydrogen-bond acceptors (Lipinski definition) is 10. The summed E-state index contributed by atoms with van der Waals surface area (Å²) in [6.45, 7) is 5.78. The fourth-order valence-electron chi connectivity index (χ4n) is 8.07. The first kappa shape index (κ1) is 41.6. The second kappa shape index (κ2) is 17.3. The number of carbonyl (C=O) groups is 2. The quantitative estimate of drug-likeness (QED) is 0.131. The van der Waals surface area contributed by atoms with Gasteiger partial charge in [0.2, 0.25) is 11.8 Å². The highest BCUT2D eigenvalue weighted by Gasteiger charge is 2.55. The van der Waals surface area contributed by atoms with E-state index in [1.54, 1.807) is 0 Å². The fourth-order valence-corrected chi connectivity index (χ4v) is 8.07. The Kier molecular flexibility index (Phi) is 12.4. The van der Waals surface area contributed by atoms with Gasteiger partial charge in [-0.1, -0.05) is 0 Å². The van der Waals surface area contributed by atoms with Gasteiger partial charge in [-0.3, -0.25) is 9.59 Å². The summed E-state index contributed by atoms with van der Waals surface area (Å²) in [6, 6.07) is 11.8. The van der Waals surface area contributed by atoms with Crippen molar-refractivity contribution in [3.63, 3.8) is 0 Å². The zero-order valence-corrected chi connectivity index (χ0v) is 32.5. The third-order valence-corrected chi connectivity index (χ3v) is 11.4. The lowest BCUT2D eigenvalue weighted by molar-refractivity contribution is -0.151. The van der Waals surface area contributed by atoms with Crippen molar-refractivity contribution < 1.29 is 54.9 Å². The molecule has 2 saturated carbocycles. The van der Waals surface area contributed by atoms with E-state index in [-0.39, 0.29) is 61.4 Å². The molecular formula is C40H48F6N6O6. The van der Waals surface area contributed by atoms with Gasteiger partial charge in [0.1, 0.15) is 0 Å². The number of aromatic nitrogens is 4. The maximum absolute atomic E-state index is 12.9.